The normalized spacial score (nSPS) is 16.4. The molecule has 0 bridgehead atoms. The maximum Gasteiger partial charge on any atom is 0.387 e. The Labute approximate surface area is 113 Å². The van der Waals surface area contributed by atoms with Crippen molar-refractivity contribution in [3.05, 3.63) is 35.5 Å². The first kappa shape index (κ1) is 14.0. The zero-order chi connectivity index (χ0) is 14.7. The number of halogens is 2. The minimum atomic E-state index is -2.95. The van der Waals surface area contributed by atoms with Crippen LogP contribution in [0.3, 0.4) is 0 Å². The Morgan fingerprint density at radius 1 is 1.35 bits per heavy atom. The average Bonchev–Trinajstić information content (AvgIpc) is 2.79. The van der Waals surface area contributed by atoms with Gasteiger partial charge in [0, 0.05) is 5.56 Å². The lowest BCUT2D eigenvalue weighted by molar-refractivity contribution is -0.130. The number of carbonyl (C=O) groups excluding carboxylic acids is 1. The van der Waals surface area contributed by atoms with Gasteiger partial charge in [-0.1, -0.05) is 6.08 Å². The highest BCUT2D eigenvalue weighted by molar-refractivity contribution is 6.11. The fraction of sp³-hybridized carbons (Fsp3) is 0.231. The van der Waals surface area contributed by atoms with Crippen molar-refractivity contribution in [2.45, 2.75) is 13.5 Å². The molecule has 0 saturated heterocycles. The summed E-state index contributed by atoms with van der Waals surface area (Å²) < 4.78 is 38.6. The standard InChI is InChI=1S/C13H11F2NO4/c1-3-8-12(17)20-11(16-8)7-4-5-9(19-13(14)15)10(6-7)18-2/h3-6,13H,1-2H3/b8-3+. The van der Waals surface area contributed by atoms with E-state index in [0.29, 0.717) is 5.56 Å². The zero-order valence-corrected chi connectivity index (χ0v) is 10.7. The fourth-order valence-electron chi connectivity index (χ4n) is 1.62. The summed E-state index contributed by atoms with van der Waals surface area (Å²) in [5.74, 6) is -0.489. The molecule has 5 nitrogen and oxygen atoms in total. The molecule has 2 rings (SSSR count). The Hall–Kier alpha value is -2.44. The van der Waals surface area contributed by atoms with Crippen LogP contribution in [-0.4, -0.2) is 25.6 Å². The molecule has 0 spiro atoms. The molecule has 0 saturated carbocycles. The van der Waals surface area contributed by atoms with Gasteiger partial charge in [0.25, 0.3) is 0 Å². The molecule has 0 aromatic heterocycles. The number of nitrogens with zero attached hydrogens (tertiary/aromatic N) is 1. The summed E-state index contributed by atoms with van der Waals surface area (Å²) in [6.45, 7) is -1.30. The lowest BCUT2D eigenvalue weighted by Crippen LogP contribution is -2.07. The molecule has 1 aromatic carbocycles. The average molecular weight is 283 g/mol. The summed E-state index contributed by atoms with van der Waals surface area (Å²) in [6.07, 6.45) is 1.51. The number of hydrogen-bond donors (Lipinski definition) is 0. The molecular formula is C13H11F2NO4. The van der Waals surface area contributed by atoms with Gasteiger partial charge in [-0.05, 0) is 25.1 Å². The number of ether oxygens (including phenoxy) is 3. The van der Waals surface area contributed by atoms with Crippen LogP contribution in [0.5, 0.6) is 11.5 Å². The Balaban J connectivity index is 2.33. The third-order valence-electron chi connectivity index (χ3n) is 2.52. The number of alkyl halides is 2. The van der Waals surface area contributed by atoms with Crippen LogP contribution in [0.25, 0.3) is 0 Å². The van der Waals surface area contributed by atoms with Crippen LogP contribution >= 0.6 is 0 Å². The first-order valence-electron chi connectivity index (χ1n) is 5.65. The number of aliphatic imine (C=N–C) groups is 1. The van der Waals surface area contributed by atoms with E-state index < -0.39 is 12.6 Å². The largest absolute Gasteiger partial charge is 0.493 e. The molecule has 0 radical (unpaired) electrons. The lowest BCUT2D eigenvalue weighted by Gasteiger charge is -2.10. The van der Waals surface area contributed by atoms with Gasteiger partial charge in [0.1, 0.15) is 5.70 Å². The van der Waals surface area contributed by atoms with E-state index >= 15 is 0 Å². The van der Waals surface area contributed by atoms with Crippen LogP contribution in [0, 0.1) is 0 Å². The van der Waals surface area contributed by atoms with Crippen molar-refractivity contribution in [2.24, 2.45) is 4.99 Å². The molecule has 0 aliphatic carbocycles. The minimum absolute atomic E-state index is 0.0880. The van der Waals surface area contributed by atoms with Gasteiger partial charge in [-0.2, -0.15) is 8.78 Å². The number of allylic oxidation sites excluding steroid dienone is 1. The van der Waals surface area contributed by atoms with E-state index in [1.807, 2.05) is 0 Å². The second-order valence-corrected chi connectivity index (χ2v) is 3.72. The number of carbonyl (C=O) groups is 1. The van der Waals surface area contributed by atoms with Gasteiger partial charge < -0.3 is 14.2 Å². The highest BCUT2D eigenvalue weighted by Gasteiger charge is 2.24. The minimum Gasteiger partial charge on any atom is -0.493 e. The molecule has 0 amide bonds. The molecule has 7 heteroatoms. The summed E-state index contributed by atoms with van der Waals surface area (Å²) in [5.41, 5.74) is 0.612. The smallest absolute Gasteiger partial charge is 0.387 e. The predicted molar refractivity (Wildman–Crippen MR) is 66.0 cm³/mol. The Kier molecular flexibility index (Phi) is 3.97. The first-order chi connectivity index (χ1) is 9.55. The topological polar surface area (TPSA) is 57.1 Å². The summed E-state index contributed by atoms with van der Waals surface area (Å²) >= 11 is 0. The SMILES string of the molecule is C/C=C1/N=C(c2ccc(OC(F)F)c(OC)c2)OC1=O. The van der Waals surface area contributed by atoms with Crippen molar-refractivity contribution in [2.75, 3.05) is 7.11 Å². The number of esters is 1. The fourth-order valence-corrected chi connectivity index (χ4v) is 1.62. The number of hydrogen-bond acceptors (Lipinski definition) is 5. The third kappa shape index (κ3) is 2.76. The number of rotatable bonds is 4. The van der Waals surface area contributed by atoms with Crippen LogP contribution in [0.1, 0.15) is 12.5 Å². The van der Waals surface area contributed by atoms with E-state index in [9.17, 15) is 13.6 Å². The van der Waals surface area contributed by atoms with Crippen LogP contribution in [0.4, 0.5) is 8.78 Å². The second kappa shape index (κ2) is 5.68. The second-order valence-electron chi connectivity index (χ2n) is 3.72. The molecular weight excluding hydrogens is 272 g/mol. The van der Waals surface area contributed by atoms with Gasteiger partial charge in [-0.25, -0.2) is 9.79 Å². The molecule has 20 heavy (non-hydrogen) atoms. The van der Waals surface area contributed by atoms with Gasteiger partial charge in [0.15, 0.2) is 11.5 Å². The van der Waals surface area contributed by atoms with Gasteiger partial charge in [0.2, 0.25) is 5.90 Å². The molecule has 0 atom stereocenters. The molecule has 0 unspecified atom stereocenters. The number of cyclic esters (lactones) is 1. The van der Waals surface area contributed by atoms with Crippen molar-refractivity contribution in [3.8, 4) is 11.5 Å². The first-order valence-corrected chi connectivity index (χ1v) is 5.65. The maximum atomic E-state index is 12.2. The Morgan fingerprint density at radius 2 is 2.10 bits per heavy atom. The van der Waals surface area contributed by atoms with E-state index in [-0.39, 0.29) is 23.1 Å². The van der Waals surface area contributed by atoms with Crippen LogP contribution in [0.15, 0.2) is 35.0 Å². The van der Waals surface area contributed by atoms with Crippen molar-refractivity contribution in [3.63, 3.8) is 0 Å². The van der Waals surface area contributed by atoms with Crippen molar-refractivity contribution in [1.29, 1.82) is 0 Å². The van der Waals surface area contributed by atoms with Crippen molar-refractivity contribution < 1.29 is 27.8 Å². The Bertz CT molecular complexity index is 596. The molecule has 1 heterocycles. The van der Waals surface area contributed by atoms with Crippen LogP contribution < -0.4 is 9.47 Å². The van der Waals surface area contributed by atoms with E-state index in [1.165, 1.54) is 31.4 Å². The van der Waals surface area contributed by atoms with E-state index in [4.69, 9.17) is 9.47 Å². The molecule has 0 fully saturated rings. The molecule has 0 N–H and O–H groups in total. The van der Waals surface area contributed by atoms with Gasteiger partial charge >= 0.3 is 12.6 Å². The quantitative estimate of drug-likeness (QED) is 0.629. The molecule has 106 valence electrons. The predicted octanol–water partition coefficient (Wildman–Crippen LogP) is 2.50. The summed E-state index contributed by atoms with van der Waals surface area (Å²) in [7, 11) is 1.32. The van der Waals surface area contributed by atoms with Gasteiger partial charge in [0.05, 0.1) is 7.11 Å². The monoisotopic (exact) mass is 283 g/mol. The van der Waals surface area contributed by atoms with Gasteiger partial charge in [-0.3, -0.25) is 0 Å². The summed E-state index contributed by atoms with van der Waals surface area (Å²) in [5, 5.41) is 0. The van der Waals surface area contributed by atoms with Crippen LogP contribution in [0.2, 0.25) is 0 Å². The number of benzene rings is 1. The molecule has 1 aliphatic heterocycles. The highest BCUT2D eigenvalue weighted by Crippen LogP contribution is 2.30. The van der Waals surface area contributed by atoms with Crippen LogP contribution in [-0.2, 0) is 9.53 Å². The lowest BCUT2D eigenvalue weighted by atomic mass is 10.2. The van der Waals surface area contributed by atoms with Crippen molar-refractivity contribution in [1.82, 2.24) is 0 Å². The molecule has 1 aromatic rings. The highest BCUT2D eigenvalue weighted by atomic mass is 19.3. The van der Waals surface area contributed by atoms with Gasteiger partial charge in [-0.15, -0.1) is 0 Å². The van der Waals surface area contributed by atoms with Crippen molar-refractivity contribution >= 4 is 11.9 Å². The van der Waals surface area contributed by atoms with E-state index in [2.05, 4.69) is 9.73 Å². The third-order valence-corrected chi connectivity index (χ3v) is 2.52. The van der Waals surface area contributed by atoms with E-state index in [1.54, 1.807) is 6.92 Å². The Morgan fingerprint density at radius 3 is 2.65 bits per heavy atom. The maximum absolute atomic E-state index is 12.2. The van der Waals surface area contributed by atoms with E-state index in [0.717, 1.165) is 0 Å². The summed E-state index contributed by atoms with van der Waals surface area (Å²) in [4.78, 5) is 15.4. The number of methoxy groups -OCH3 is 1. The molecule has 1 aliphatic rings. The zero-order valence-electron chi connectivity index (χ0n) is 10.7. The summed E-state index contributed by atoms with van der Waals surface area (Å²) in [6, 6.07) is 4.15.